The number of fused-ring (bicyclic) bond motifs is 1. The van der Waals surface area contributed by atoms with Crippen LogP contribution >= 0.6 is 0 Å². The van der Waals surface area contributed by atoms with Crippen molar-refractivity contribution >= 4 is 15.9 Å². The van der Waals surface area contributed by atoms with E-state index in [1.54, 1.807) is 17.3 Å². The predicted octanol–water partition coefficient (Wildman–Crippen LogP) is 3.94. The smallest absolute Gasteiger partial charge is 0.333 e. The number of hydrogen-bond donors (Lipinski definition) is 0. The topological polar surface area (TPSA) is 88.4 Å². The number of carbonyl (C=O) groups is 1. The number of halogens is 3. The van der Waals surface area contributed by atoms with Crippen molar-refractivity contribution in [3.8, 4) is 11.3 Å². The Labute approximate surface area is 212 Å². The lowest BCUT2D eigenvalue weighted by Gasteiger charge is -2.36. The minimum absolute atomic E-state index is 0.0316. The van der Waals surface area contributed by atoms with E-state index in [4.69, 9.17) is 0 Å². The van der Waals surface area contributed by atoms with Crippen LogP contribution in [0.3, 0.4) is 0 Å². The quantitative estimate of drug-likeness (QED) is 0.496. The van der Waals surface area contributed by atoms with Gasteiger partial charge in [0, 0.05) is 56.3 Å². The van der Waals surface area contributed by atoms with Gasteiger partial charge in [-0.1, -0.05) is 12.5 Å². The van der Waals surface area contributed by atoms with Gasteiger partial charge in [-0.25, -0.2) is 13.4 Å². The average molecular weight is 534 g/mol. The van der Waals surface area contributed by atoms with Crippen molar-refractivity contribution in [3.63, 3.8) is 0 Å². The largest absolute Gasteiger partial charge is 0.416 e. The van der Waals surface area contributed by atoms with Crippen molar-refractivity contribution in [2.45, 2.75) is 55.9 Å². The summed E-state index contributed by atoms with van der Waals surface area (Å²) in [7, 11) is -4.21. The molecule has 1 atom stereocenters. The van der Waals surface area contributed by atoms with E-state index < -0.39 is 32.7 Å². The Hall–Kier alpha value is -3.25. The molecule has 1 fully saturated rings. The molecule has 2 aliphatic rings. The van der Waals surface area contributed by atoms with Gasteiger partial charge in [0.2, 0.25) is 15.9 Å². The molecule has 0 saturated carbocycles. The van der Waals surface area contributed by atoms with E-state index in [1.165, 1.54) is 10.4 Å². The molecular formula is C25H26F3N5O3S. The molecule has 2 aliphatic heterocycles. The van der Waals surface area contributed by atoms with Crippen molar-refractivity contribution in [2.75, 3.05) is 13.1 Å². The Morgan fingerprint density at radius 1 is 1.05 bits per heavy atom. The fraction of sp³-hybridized carbons (Fsp3) is 0.400. The lowest BCUT2D eigenvalue weighted by Crippen LogP contribution is -2.47. The zero-order valence-electron chi connectivity index (χ0n) is 19.9. The van der Waals surface area contributed by atoms with Crippen LogP contribution in [-0.2, 0) is 34.1 Å². The molecule has 1 unspecified atom stereocenters. The third kappa shape index (κ3) is 5.26. The number of rotatable bonds is 5. The minimum Gasteiger partial charge on any atom is -0.333 e. The van der Waals surface area contributed by atoms with Gasteiger partial charge in [-0.05, 0) is 43.2 Å². The maximum atomic E-state index is 13.4. The van der Waals surface area contributed by atoms with E-state index in [9.17, 15) is 26.4 Å². The van der Waals surface area contributed by atoms with Crippen LogP contribution in [0.15, 0.2) is 59.9 Å². The summed E-state index contributed by atoms with van der Waals surface area (Å²) in [5, 5.41) is 0. The average Bonchev–Trinajstić information content (AvgIpc) is 3.33. The second-order valence-corrected chi connectivity index (χ2v) is 11.2. The van der Waals surface area contributed by atoms with E-state index in [2.05, 4.69) is 9.97 Å². The number of pyridine rings is 1. The molecule has 0 bridgehead atoms. The molecule has 196 valence electrons. The molecule has 8 nitrogen and oxygen atoms in total. The Morgan fingerprint density at radius 2 is 1.84 bits per heavy atom. The highest BCUT2D eigenvalue weighted by atomic mass is 32.2. The summed E-state index contributed by atoms with van der Waals surface area (Å²) in [5.74, 6) is 0.541. The molecular weight excluding hydrogens is 507 g/mol. The van der Waals surface area contributed by atoms with Crippen molar-refractivity contribution in [1.82, 2.24) is 23.7 Å². The Balaban J connectivity index is 1.31. The SMILES string of the molecule is O=C(CC1CCCCN1S(=O)(=O)c1cccc(C(F)(F)F)c1)N1CCn2cc(-c3ccncc3)nc2C1. The Kier molecular flexibility index (Phi) is 6.80. The van der Waals surface area contributed by atoms with Gasteiger partial charge in [0.15, 0.2) is 0 Å². The first-order valence-electron chi connectivity index (χ1n) is 12.1. The van der Waals surface area contributed by atoms with Gasteiger partial charge < -0.3 is 9.47 Å². The van der Waals surface area contributed by atoms with Crippen molar-refractivity contribution < 1.29 is 26.4 Å². The van der Waals surface area contributed by atoms with Crippen LogP contribution in [0, 0.1) is 0 Å². The first-order chi connectivity index (χ1) is 17.6. The molecule has 12 heteroatoms. The fourth-order valence-electron chi connectivity index (χ4n) is 4.92. The highest BCUT2D eigenvalue weighted by Crippen LogP contribution is 2.33. The summed E-state index contributed by atoms with van der Waals surface area (Å²) in [6.45, 7) is 1.49. The number of sulfonamides is 1. The van der Waals surface area contributed by atoms with Crippen molar-refractivity contribution in [1.29, 1.82) is 0 Å². The number of nitrogens with zero attached hydrogens (tertiary/aromatic N) is 5. The first kappa shape index (κ1) is 25.4. The van der Waals surface area contributed by atoms with Gasteiger partial charge in [0.25, 0.3) is 0 Å². The van der Waals surface area contributed by atoms with Crippen LogP contribution < -0.4 is 0 Å². The Bertz CT molecular complexity index is 1390. The molecule has 3 aromatic rings. The monoisotopic (exact) mass is 533 g/mol. The number of alkyl halides is 3. The van der Waals surface area contributed by atoms with Crippen molar-refractivity contribution in [3.05, 3.63) is 66.4 Å². The highest BCUT2D eigenvalue weighted by Gasteiger charge is 2.38. The molecule has 1 amide bonds. The number of amides is 1. The number of hydrogen-bond acceptors (Lipinski definition) is 5. The van der Waals surface area contributed by atoms with E-state index >= 15 is 0 Å². The van der Waals surface area contributed by atoms with Gasteiger partial charge in [-0.3, -0.25) is 9.78 Å². The second-order valence-electron chi connectivity index (χ2n) is 9.28. The van der Waals surface area contributed by atoms with Gasteiger partial charge in [-0.15, -0.1) is 0 Å². The molecule has 2 aromatic heterocycles. The number of imidazole rings is 1. The minimum atomic E-state index is -4.65. The molecule has 37 heavy (non-hydrogen) atoms. The van der Waals surface area contributed by atoms with E-state index in [1.807, 2.05) is 22.9 Å². The molecule has 1 saturated heterocycles. The molecule has 0 aliphatic carbocycles. The van der Waals surface area contributed by atoms with Gasteiger partial charge in [0.05, 0.1) is 22.7 Å². The molecule has 0 N–H and O–H groups in total. The van der Waals surface area contributed by atoms with E-state index in [0.717, 1.165) is 35.6 Å². The number of aromatic nitrogens is 3. The predicted molar refractivity (Wildman–Crippen MR) is 128 cm³/mol. The van der Waals surface area contributed by atoms with Gasteiger partial charge in [0.1, 0.15) is 5.82 Å². The van der Waals surface area contributed by atoms with Crippen LogP contribution in [0.1, 0.15) is 37.1 Å². The summed E-state index contributed by atoms with van der Waals surface area (Å²) in [5.41, 5.74) is 0.693. The van der Waals surface area contributed by atoms with Gasteiger partial charge in [-0.2, -0.15) is 17.5 Å². The van der Waals surface area contributed by atoms with E-state index in [-0.39, 0.29) is 18.9 Å². The lowest BCUT2D eigenvalue weighted by atomic mass is 10.0. The molecule has 0 radical (unpaired) electrons. The van der Waals surface area contributed by atoms with Crippen molar-refractivity contribution in [2.24, 2.45) is 0 Å². The highest BCUT2D eigenvalue weighted by molar-refractivity contribution is 7.89. The third-order valence-electron chi connectivity index (χ3n) is 6.88. The second kappa shape index (κ2) is 9.90. The Morgan fingerprint density at radius 3 is 2.59 bits per heavy atom. The van der Waals surface area contributed by atoms with Crippen LogP contribution in [0.2, 0.25) is 0 Å². The summed E-state index contributed by atoms with van der Waals surface area (Å²) < 4.78 is 69.5. The summed E-state index contributed by atoms with van der Waals surface area (Å²) >= 11 is 0. The third-order valence-corrected chi connectivity index (χ3v) is 8.83. The van der Waals surface area contributed by atoms with Crippen LogP contribution in [-0.4, -0.2) is 57.2 Å². The summed E-state index contributed by atoms with van der Waals surface area (Å²) in [4.78, 5) is 23.2. The van der Waals surface area contributed by atoms with Crippen LogP contribution in [0.4, 0.5) is 13.2 Å². The normalized spacial score (nSPS) is 19.0. The number of benzene rings is 1. The van der Waals surface area contributed by atoms with Gasteiger partial charge >= 0.3 is 6.18 Å². The first-order valence-corrected chi connectivity index (χ1v) is 13.5. The number of piperidine rings is 1. The zero-order valence-corrected chi connectivity index (χ0v) is 20.7. The standard InChI is InChI=1S/C25H26F3N5O3S/c26-25(27,28)19-4-3-6-21(14-19)37(35,36)33-11-2-1-5-20(33)15-24(34)32-13-12-31-16-22(30-23(31)17-32)18-7-9-29-10-8-18/h3-4,6-10,14,16,20H,1-2,5,11-13,15,17H2. The van der Waals surface area contributed by atoms with Crippen LogP contribution in [0.25, 0.3) is 11.3 Å². The molecule has 0 spiro atoms. The van der Waals surface area contributed by atoms with E-state index in [0.29, 0.717) is 38.5 Å². The maximum Gasteiger partial charge on any atom is 0.416 e. The summed E-state index contributed by atoms with van der Waals surface area (Å²) in [6, 6.07) is 6.87. The number of carbonyl (C=O) groups excluding carboxylic acids is 1. The molecule has 1 aromatic carbocycles. The molecule has 5 rings (SSSR count). The zero-order chi connectivity index (χ0) is 26.2. The maximum absolute atomic E-state index is 13.4. The summed E-state index contributed by atoms with van der Waals surface area (Å²) in [6.07, 6.45) is 2.43. The fourth-order valence-corrected chi connectivity index (χ4v) is 6.66. The molecule has 4 heterocycles. The van der Waals surface area contributed by atoms with Crippen LogP contribution in [0.5, 0.6) is 0 Å². The lowest BCUT2D eigenvalue weighted by molar-refractivity contribution is -0.137.